The van der Waals surface area contributed by atoms with E-state index in [0.29, 0.717) is 11.4 Å². The van der Waals surface area contributed by atoms with E-state index in [1.54, 1.807) is 29.1 Å². The van der Waals surface area contributed by atoms with E-state index in [-0.39, 0.29) is 11.9 Å². The molecule has 0 spiro atoms. The van der Waals surface area contributed by atoms with E-state index in [1.165, 1.54) is 12.1 Å². The molecular weight excluding hydrogens is 247 g/mol. The van der Waals surface area contributed by atoms with Crippen molar-refractivity contribution in [3.05, 3.63) is 51.2 Å². The van der Waals surface area contributed by atoms with Gasteiger partial charge in [0, 0.05) is 28.6 Å². The summed E-state index contributed by atoms with van der Waals surface area (Å²) in [5, 5.41) is 0.372. The van der Waals surface area contributed by atoms with Gasteiger partial charge in [0.1, 0.15) is 5.82 Å². The van der Waals surface area contributed by atoms with Crippen molar-refractivity contribution in [1.29, 1.82) is 0 Å². The lowest BCUT2D eigenvalue weighted by molar-refractivity contribution is 0.624. The Hall–Kier alpha value is -0.970. The Morgan fingerprint density at radius 2 is 2.31 bits per heavy atom. The standard InChI is InChI=1S/C11H10ClFN2S/c12-10-3-7(13)1-2-9(10)11(14)4-8-5-15-6-16-8/h1-3,5-6,11H,4,14H2. The molecule has 0 bridgehead atoms. The Labute approximate surface area is 102 Å². The lowest BCUT2D eigenvalue weighted by Gasteiger charge is -2.12. The van der Waals surface area contributed by atoms with Gasteiger partial charge < -0.3 is 5.73 Å². The molecule has 2 nitrogen and oxygen atoms in total. The van der Waals surface area contributed by atoms with Gasteiger partial charge in [0.2, 0.25) is 0 Å². The van der Waals surface area contributed by atoms with Crippen LogP contribution in [-0.2, 0) is 6.42 Å². The molecule has 16 heavy (non-hydrogen) atoms. The van der Waals surface area contributed by atoms with Crippen molar-refractivity contribution in [2.75, 3.05) is 0 Å². The van der Waals surface area contributed by atoms with Gasteiger partial charge in [-0.3, -0.25) is 4.98 Å². The second-order valence-corrected chi connectivity index (χ2v) is 4.82. The van der Waals surface area contributed by atoms with Crippen LogP contribution in [0, 0.1) is 5.82 Å². The molecule has 0 aliphatic rings. The third-order valence-corrected chi connectivity index (χ3v) is 3.40. The smallest absolute Gasteiger partial charge is 0.124 e. The van der Waals surface area contributed by atoms with Crippen LogP contribution in [0.15, 0.2) is 29.9 Å². The van der Waals surface area contributed by atoms with Crippen LogP contribution in [0.5, 0.6) is 0 Å². The second kappa shape index (κ2) is 4.91. The third kappa shape index (κ3) is 2.58. The van der Waals surface area contributed by atoms with E-state index >= 15 is 0 Å². The quantitative estimate of drug-likeness (QED) is 0.916. The third-order valence-electron chi connectivity index (χ3n) is 2.27. The van der Waals surface area contributed by atoms with Gasteiger partial charge >= 0.3 is 0 Å². The summed E-state index contributed by atoms with van der Waals surface area (Å²) < 4.78 is 12.9. The first kappa shape index (κ1) is 11.5. The van der Waals surface area contributed by atoms with Crippen molar-refractivity contribution < 1.29 is 4.39 Å². The van der Waals surface area contributed by atoms with Crippen molar-refractivity contribution in [2.24, 2.45) is 5.73 Å². The fourth-order valence-electron chi connectivity index (χ4n) is 1.47. The highest BCUT2D eigenvalue weighted by molar-refractivity contribution is 7.09. The molecule has 0 amide bonds. The molecule has 0 aliphatic carbocycles. The van der Waals surface area contributed by atoms with Crippen LogP contribution in [0.25, 0.3) is 0 Å². The summed E-state index contributed by atoms with van der Waals surface area (Å²) in [6.45, 7) is 0. The van der Waals surface area contributed by atoms with Crippen LogP contribution in [0.1, 0.15) is 16.5 Å². The summed E-state index contributed by atoms with van der Waals surface area (Å²) in [6, 6.07) is 4.05. The normalized spacial score (nSPS) is 12.7. The maximum Gasteiger partial charge on any atom is 0.124 e. The molecule has 1 aromatic carbocycles. The average Bonchev–Trinajstić information content (AvgIpc) is 2.70. The monoisotopic (exact) mass is 256 g/mol. The lowest BCUT2D eigenvalue weighted by atomic mass is 10.0. The van der Waals surface area contributed by atoms with Gasteiger partial charge in [-0.1, -0.05) is 17.7 Å². The van der Waals surface area contributed by atoms with Crippen LogP contribution in [0.2, 0.25) is 5.02 Å². The van der Waals surface area contributed by atoms with E-state index < -0.39 is 0 Å². The number of thiazole rings is 1. The van der Waals surface area contributed by atoms with E-state index in [1.807, 2.05) is 0 Å². The number of halogens is 2. The first-order valence-electron chi connectivity index (χ1n) is 4.74. The number of nitrogens with zero attached hydrogens (tertiary/aromatic N) is 1. The van der Waals surface area contributed by atoms with Crippen LogP contribution in [0.4, 0.5) is 4.39 Å². The molecule has 2 aromatic rings. The molecule has 0 saturated heterocycles. The summed E-state index contributed by atoms with van der Waals surface area (Å²) in [5.74, 6) is -0.348. The molecule has 0 aliphatic heterocycles. The van der Waals surface area contributed by atoms with Gasteiger partial charge in [0.25, 0.3) is 0 Å². The van der Waals surface area contributed by atoms with Crippen molar-refractivity contribution in [3.63, 3.8) is 0 Å². The molecule has 0 saturated carbocycles. The fourth-order valence-corrected chi connectivity index (χ4v) is 2.43. The lowest BCUT2D eigenvalue weighted by Crippen LogP contribution is -2.13. The topological polar surface area (TPSA) is 38.9 Å². The van der Waals surface area contributed by atoms with E-state index in [4.69, 9.17) is 17.3 Å². The summed E-state index contributed by atoms with van der Waals surface area (Å²) in [4.78, 5) is 5.07. The maximum atomic E-state index is 12.9. The molecule has 1 atom stereocenters. The second-order valence-electron chi connectivity index (χ2n) is 3.44. The number of nitrogens with two attached hydrogens (primary N) is 1. The maximum absolute atomic E-state index is 12.9. The van der Waals surface area contributed by atoms with Gasteiger partial charge in [-0.2, -0.15) is 0 Å². The predicted molar refractivity (Wildman–Crippen MR) is 64.2 cm³/mol. The highest BCUT2D eigenvalue weighted by Gasteiger charge is 2.12. The predicted octanol–water partition coefficient (Wildman–Crippen LogP) is 3.18. The minimum absolute atomic E-state index is 0.228. The van der Waals surface area contributed by atoms with E-state index in [2.05, 4.69) is 4.98 Å². The molecule has 2 N–H and O–H groups in total. The minimum atomic E-state index is -0.348. The summed E-state index contributed by atoms with van der Waals surface area (Å²) in [6.07, 6.45) is 2.44. The Kier molecular flexibility index (Phi) is 3.53. The van der Waals surface area contributed by atoms with Crippen molar-refractivity contribution in [1.82, 2.24) is 4.98 Å². The summed E-state index contributed by atoms with van der Waals surface area (Å²) in [5.41, 5.74) is 8.53. The van der Waals surface area contributed by atoms with Crippen LogP contribution < -0.4 is 5.73 Å². The average molecular weight is 257 g/mol. The molecule has 1 heterocycles. The van der Waals surface area contributed by atoms with Crippen molar-refractivity contribution in [3.8, 4) is 0 Å². The SMILES string of the molecule is NC(Cc1cncs1)c1ccc(F)cc1Cl. The van der Waals surface area contributed by atoms with Crippen molar-refractivity contribution >= 4 is 22.9 Å². The Morgan fingerprint density at radius 3 is 2.94 bits per heavy atom. The highest BCUT2D eigenvalue weighted by Crippen LogP contribution is 2.25. The fraction of sp³-hybridized carbons (Fsp3) is 0.182. The number of rotatable bonds is 3. The molecule has 5 heteroatoms. The van der Waals surface area contributed by atoms with Crippen LogP contribution in [0.3, 0.4) is 0 Å². The van der Waals surface area contributed by atoms with Crippen LogP contribution in [-0.4, -0.2) is 4.98 Å². The molecule has 84 valence electrons. The molecule has 0 radical (unpaired) electrons. The molecule has 1 aromatic heterocycles. The Morgan fingerprint density at radius 1 is 1.50 bits per heavy atom. The van der Waals surface area contributed by atoms with Gasteiger partial charge in [-0.25, -0.2) is 4.39 Å². The Balaban J connectivity index is 2.17. The van der Waals surface area contributed by atoms with Crippen molar-refractivity contribution in [2.45, 2.75) is 12.5 Å². The first-order valence-corrected chi connectivity index (χ1v) is 6.00. The molecule has 1 unspecified atom stereocenters. The minimum Gasteiger partial charge on any atom is -0.324 e. The highest BCUT2D eigenvalue weighted by atomic mass is 35.5. The summed E-state index contributed by atoms with van der Waals surface area (Å²) >= 11 is 7.48. The molecular formula is C11H10ClFN2S. The number of hydrogen-bond acceptors (Lipinski definition) is 3. The van der Waals surface area contributed by atoms with E-state index in [0.717, 1.165) is 10.4 Å². The molecule has 2 rings (SSSR count). The number of aromatic nitrogens is 1. The number of hydrogen-bond donors (Lipinski definition) is 1. The zero-order chi connectivity index (χ0) is 11.5. The van der Waals surface area contributed by atoms with Gasteiger partial charge in [0.15, 0.2) is 0 Å². The first-order chi connectivity index (χ1) is 7.66. The number of benzene rings is 1. The zero-order valence-corrected chi connectivity index (χ0v) is 9.93. The largest absolute Gasteiger partial charge is 0.324 e. The van der Waals surface area contributed by atoms with Gasteiger partial charge in [0.05, 0.1) is 5.51 Å². The van der Waals surface area contributed by atoms with Gasteiger partial charge in [-0.05, 0) is 17.7 Å². The Bertz CT molecular complexity index is 473. The zero-order valence-electron chi connectivity index (χ0n) is 8.36. The molecule has 0 fully saturated rings. The van der Waals surface area contributed by atoms with Gasteiger partial charge in [-0.15, -0.1) is 11.3 Å². The summed E-state index contributed by atoms with van der Waals surface area (Å²) in [7, 11) is 0. The van der Waals surface area contributed by atoms with E-state index in [9.17, 15) is 4.39 Å². The van der Waals surface area contributed by atoms with Crippen LogP contribution >= 0.6 is 22.9 Å².